The largest absolute Gasteiger partial charge is 0.465 e. The van der Waals surface area contributed by atoms with Gasteiger partial charge in [0.2, 0.25) is 0 Å². The van der Waals surface area contributed by atoms with Crippen molar-refractivity contribution in [1.29, 1.82) is 0 Å². The molecule has 0 saturated carbocycles. The molecule has 1 N–H and O–H groups in total. The van der Waals surface area contributed by atoms with Gasteiger partial charge in [-0.15, -0.1) is 0 Å². The molecule has 154 valence electrons. The third kappa shape index (κ3) is 5.02. The molecule has 0 aromatic carbocycles. The van der Waals surface area contributed by atoms with Crippen molar-refractivity contribution >= 4 is 11.9 Å². The lowest BCUT2D eigenvalue weighted by molar-refractivity contribution is -0.141. The van der Waals surface area contributed by atoms with Crippen molar-refractivity contribution in [2.75, 3.05) is 40.6 Å². The Morgan fingerprint density at radius 1 is 0.893 bits per heavy atom. The second kappa shape index (κ2) is 10.1. The maximum Gasteiger partial charge on any atom is 0.336 e. The van der Waals surface area contributed by atoms with E-state index in [9.17, 15) is 9.59 Å². The van der Waals surface area contributed by atoms with Gasteiger partial charge in [0, 0.05) is 25.6 Å². The average molecular weight is 393 g/mol. The summed E-state index contributed by atoms with van der Waals surface area (Å²) in [7, 11) is 3.05. The Bertz CT molecular complexity index is 731. The Labute approximate surface area is 164 Å². The molecule has 1 aromatic rings. The van der Waals surface area contributed by atoms with Crippen LogP contribution in [-0.2, 0) is 28.5 Å². The Kier molecular flexibility index (Phi) is 7.83. The van der Waals surface area contributed by atoms with Gasteiger partial charge in [0.15, 0.2) is 0 Å². The summed E-state index contributed by atoms with van der Waals surface area (Å²) in [5.41, 5.74) is 1.78. The number of carbonyl (C=O) groups is 2. The summed E-state index contributed by atoms with van der Waals surface area (Å²) in [4.78, 5) is 25.6. The quantitative estimate of drug-likeness (QED) is 0.504. The predicted octanol–water partition coefficient (Wildman–Crippen LogP) is 2.20. The van der Waals surface area contributed by atoms with Crippen molar-refractivity contribution in [3.8, 4) is 0 Å². The highest BCUT2D eigenvalue weighted by molar-refractivity contribution is 5.99. The molecule has 0 aliphatic carbocycles. The fourth-order valence-corrected chi connectivity index (χ4v) is 3.02. The molecule has 0 fully saturated rings. The van der Waals surface area contributed by atoms with E-state index in [0.29, 0.717) is 34.1 Å². The highest BCUT2D eigenvalue weighted by Crippen LogP contribution is 2.39. The van der Waals surface area contributed by atoms with Crippen molar-refractivity contribution in [2.45, 2.75) is 26.7 Å². The minimum absolute atomic E-state index is 0.104. The van der Waals surface area contributed by atoms with Crippen molar-refractivity contribution < 1.29 is 33.0 Å². The van der Waals surface area contributed by atoms with Gasteiger partial charge in [0.25, 0.3) is 0 Å². The van der Waals surface area contributed by atoms with E-state index in [2.05, 4.69) is 5.32 Å². The van der Waals surface area contributed by atoms with Crippen molar-refractivity contribution in [3.63, 3.8) is 0 Å². The lowest BCUT2D eigenvalue weighted by atomic mass is 9.83. The molecule has 8 heteroatoms. The lowest BCUT2D eigenvalue weighted by Crippen LogP contribution is -2.33. The molecule has 0 amide bonds. The second-order valence-corrected chi connectivity index (χ2v) is 6.34. The van der Waals surface area contributed by atoms with E-state index < -0.39 is 17.9 Å². The van der Waals surface area contributed by atoms with Gasteiger partial charge in [-0.3, -0.25) is 0 Å². The number of methoxy groups -OCH3 is 2. The van der Waals surface area contributed by atoms with Gasteiger partial charge in [0.05, 0.1) is 30.3 Å². The van der Waals surface area contributed by atoms with Crippen LogP contribution < -0.4 is 5.32 Å². The number of dihydropyridines is 1. The zero-order valence-corrected chi connectivity index (χ0v) is 16.9. The summed E-state index contributed by atoms with van der Waals surface area (Å²) < 4.78 is 26.3. The normalized spacial score (nSPS) is 14.9. The van der Waals surface area contributed by atoms with Gasteiger partial charge >= 0.3 is 11.9 Å². The summed E-state index contributed by atoms with van der Waals surface area (Å²) in [6, 6.07) is 3.53. The highest BCUT2D eigenvalue weighted by atomic mass is 16.6. The van der Waals surface area contributed by atoms with E-state index in [0.717, 1.165) is 0 Å². The number of ether oxygens (including phenoxy) is 4. The molecule has 0 bridgehead atoms. The number of hydrogen-bond donors (Lipinski definition) is 1. The number of rotatable bonds is 9. The summed E-state index contributed by atoms with van der Waals surface area (Å²) in [5.74, 6) is -0.690. The van der Waals surface area contributed by atoms with Crippen molar-refractivity contribution in [3.05, 3.63) is 46.2 Å². The number of hydrogen-bond acceptors (Lipinski definition) is 8. The molecule has 1 aliphatic rings. The summed E-state index contributed by atoms with van der Waals surface area (Å²) in [6.07, 6.45) is 0. The smallest absolute Gasteiger partial charge is 0.336 e. The number of allylic oxidation sites excluding steroid dienone is 2. The molecule has 2 heterocycles. The molecular weight excluding hydrogens is 366 g/mol. The molecular formula is C20H27NO7. The predicted molar refractivity (Wildman–Crippen MR) is 100 cm³/mol. The number of nitrogens with one attached hydrogen (secondary N) is 1. The number of furan rings is 1. The first-order chi connectivity index (χ1) is 13.4. The van der Waals surface area contributed by atoms with Crippen LogP contribution in [0.5, 0.6) is 0 Å². The monoisotopic (exact) mass is 393 g/mol. The maximum atomic E-state index is 12.8. The first-order valence-corrected chi connectivity index (χ1v) is 8.97. The first kappa shape index (κ1) is 21.7. The minimum atomic E-state index is -0.736. The lowest BCUT2D eigenvalue weighted by Gasteiger charge is -2.29. The van der Waals surface area contributed by atoms with Crippen LogP contribution in [0.15, 0.2) is 39.1 Å². The Morgan fingerprint density at radius 2 is 1.39 bits per heavy atom. The van der Waals surface area contributed by atoms with E-state index in [4.69, 9.17) is 23.4 Å². The van der Waals surface area contributed by atoms with Crippen molar-refractivity contribution in [1.82, 2.24) is 5.32 Å². The van der Waals surface area contributed by atoms with Gasteiger partial charge in [-0.2, -0.15) is 0 Å². The summed E-state index contributed by atoms with van der Waals surface area (Å²) >= 11 is 0. The Balaban J connectivity index is 2.41. The molecule has 2 rings (SSSR count). The zero-order valence-electron chi connectivity index (χ0n) is 16.9. The SMILES string of the molecule is COCCOC(=O)C1=C(C)NC(C)=C(C(=O)OCCOC)C1c1ccc(C)o1. The molecule has 8 nitrogen and oxygen atoms in total. The molecule has 0 saturated heterocycles. The van der Waals surface area contributed by atoms with E-state index in [1.54, 1.807) is 32.9 Å². The number of esters is 2. The van der Waals surface area contributed by atoms with Crippen LogP contribution in [0.25, 0.3) is 0 Å². The van der Waals surface area contributed by atoms with E-state index in [1.165, 1.54) is 14.2 Å². The van der Waals surface area contributed by atoms with Crippen LogP contribution in [-0.4, -0.2) is 52.6 Å². The zero-order chi connectivity index (χ0) is 20.7. The first-order valence-electron chi connectivity index (χ1n) is 8.97. The van der Waals surface area contributed by atoms with Gasteiger partial charge in [0.1, 0.15) is 24.7 Å². The van der Waals surface area contributed by atoms with Crippen molar-refractivity contribution in [2.24, 2.45) is 0 Å². The maximum absolute atomic E-state index is 12.8. The van der Waals surface area contributed by atoms with Crippen LogP contribution >= 0.6 is 0 Å². The topological polar surface area (TPSA) is 96.2 Å². The molecule has 1 aromatic heterocycles. The molecule has 0 unspecified atom stereocenters. The van der Waals surface area contributed by atoms with Gasteiger partial charge < -0.3 is 28.7 Å². The van der Waals surface area contributed by atoms with Crippen LogP contribution in [0, 0.1) is 6.92 Å². The van der Waals surface area contributed by atoms with E-state index in [-0.39, 0.29) is 26.4 Å². The molecule has 28 heavy (non-hydrogen) atoms. The van der Waals surface area contributed by atoms with Crippen LogP contribution in [0.1, 0.15) is 31.3 Å². The molecule has 1 aliphatic heterocycles. The third-order valence-electron chi connectivity index (χ3n) is 4.29. The van der Waals surface area contributed by atoms with Crippen LogP contribution in [0.4, 0.5) is 0 Å². The number of carbonyl (C=O) groups excluding carboxylic acids is 2. The highest BCUT2D eigenvalue weighted by Gasteiger charge is 2.39. The molecule has 0 spiro atoms. The average Bonchev–Trinajstić information content (AvgIpc) is 3.07. The fraction of sp³-hybridized carbons (Fsp3) is 0.500. The second-order valence-electron chi connectivity index (χ2n) is 6.34. The molecule has 0 atom stereocenters. The van der Waals surface area contributed by atoms with Gasteiger partial charge in [-0.1, -0.05) is 0 Å². The third-order valence-corrected chi connectivity index (χ3v) is 4.29. The van der Waals surface area contributed by atoms with Gasteiger partial charge in [-0.05, 0) is 32.9 Å². The summed E-state index contributed by atoms with van der Waals surface area (Å²) in [5, 5.41) is 3.08. The summed E-state index contributed by atoms with van der Waals surface area (Å²) in [6.45, 7) is 6.07. The Morgan fingerprint density at radius 3 is 1.79 bits per heavy atom. The standard InChI is InChI=1S/C20H27NO7/c1-12-6-7-15(28-12)18-16(19(22)26-10-8-24-4)13(2)21-14(3)17(18)20(23)27-11-9-25-5/h6-7,18,21H,8-11H2,1-5H3. The fourth-order valence-electron chi connectivity index (χ4n) is 3.02. The van der Waals surface area contributed by atoms with Crippen LogP contribution in [0.3, 0.4) is 0 Å². The van der Waals surface area contributed by atoms with Crippen LogP contribution in [0.2, 0.25) is 0 Å². The Hall–Kier alpha value is -2.58. The van der Waals surface area contributed by atoms with E-state index in [1.807, 2.05) is 0 Å². The van der Waals surface area contributed by atoms with E-state index >= 15 is 0 Å². The molecule has 0 radical (unpaired) electrons. The number of aryl methyl sites for hydroxylation is 1. The minimum Gasteiger partial charge on any atom is -0.465 e. The van der Waals surface area contributed by atoms with Gasteiger partial charge in [-0.25, -0.2) is 9.59 Å².